The summed E-state index contributed by atoms with van der Waals surface area (Å²) in [5, 5.41) is 0.839. The molecular formula is C21H19Cl2NO6. The number of methoxy groups -OCH3 is 1. The van der Waals surface area contributed by atoms with Crippen LogP contribution in [0.1, 0.15) is 37.5 Å². The van der Waals surface area contributed by atoms with E-state index < -0.39 is 11.9 Å². The van der Waals surface area contributed by atoms with Crippen LogP contribution in [-0.4, -0.2) is 56.2 Å². The van der Waals surface area contributed by atoms with Gasteiger partial charge in [-0.2, -0.15) is 0 Å². The molecule has 0 saturated carbocycles. The summed E-state index contributed by atoms with van der Waals surface area (Å²) in [7, 11) is 1.55. The van der Waals surface area contributed by atoms with Crippen molar-refractivity contribution in [2.24, 2.45) is 0 Å². The molecule has 1 heterocycles. The van der Waals surface area contributed by atoms with E-state index in [1.807, 2.05) is 0 Å². The van der Waals surface area contributed by atoms with Crippen molar-refractivity contribution in [1.82, 2.24) is 4.90 Å². The van der Waals surface area contributed by atoms with E-state index in [0.29, 0.717) is 28.8 Å². The molecule has 7 nitrogen and oxygen atoms in total. The standard InChI is InChI=1S/C21H19Cl2NO6/c1-28-8-2-7-24-19(25)15-5-3-13(11-16(15)20(24)26)21(27)30-10-9-29-18-6-4-14(22)12-17(18)23/h3-6,11-12H,2,7-10H2,1H3. The molecule has 0 fully saturated rings. The molecular weight excluding hydrogens is 433 g/mol. The van der Waals surface area contributed by atoms with Gasteiger partial charge in [-0.1, -0.05) is 23.2 Å². The van der Waals surface area contributed by atoms with E-state index in [0.717, 1.165) is 4.90 Å². The van der Waals surface area contributed by atoms with Crippen molar-refractivity contribution < 1.29 is 28.6 Å². The minimum Gasteiger partial charge on any atom is -0.488 e. The Morgan fingerprint density at radius 2 is 1.73 bits per heavy atom. The van der Waals surface area contributed by atoms with Gasteiger partial charge in [0.1, 0.15) is 19.0 Å². The summed E-state index contributed by atoms with van der Waals surface area (Å²) in [6.45, 7) is 0.756. The topological polar surface area (TPSA) is 82.1 Å². The van der Waals surface area contributed by atoms with Crippen LogP contribution in [0.25, 0.3) is 0 Å². The van der Waals surface area contributed by atoms with Crippen LogP contribution in [0.5, 0.6) is 5.75 Å². The highest BCUT2D eigenvalue weighted by atomic mass is 35.5. The van der Waals surface area contributed by atoms with Crippen molar-refractivity contribution in [3.05, 3.63) is 63.1 Å². The van der Waals surface area contributed by atoms with Gasteiger partial charge in [-0.05, 0) is 42.8 Å². The molecule has 9 heteroatoms. The molecule has 0 unspecified atom stereocenters. The average Bonchev–Trinajstić information content (AvgIpc) is 2.96. The Bertz CT molecular complexity index is 978. The minimum atomic E-state index is -0.623. The highest BCUT2D eigenvalue weighted by Gasteiger charge is 2.35. The summed E-state index contributed by atoms with van der Waals surface area (Å²) in [5.74, 6) is -1.00. The largest absolute Gasteiger partial charge is 0.488 e. The monoisotopic (exact) mass is 451 g/mol. The van der Waals surface area contributed by atoms with E-state index >= 15 is 0 Å². The second-order valence-corrected chi connectivity index (χ2v) is 7.27. The van der Waals surface area contributed by atoms with Gasteiger partial charge in [-0.15, -0.1) is 0 Å². The van der Waals surface area contributed by atoms with Gasteiger partial charge in [0.05, 0.1) is 21.7 Å². The maximum atomic E-state index is 12.5. The summed E-state index contributed by atoms with van der Waals surface area (Å²) >= 11 is 11.8. The lowest BCUT2D eigenvalue weighted by atomic mass is 10.1. The number of rotatable bonds is 9. The maximum absolute atomic E-state index is 12.5. The van der Waals surface area contributed by atoms with E-state index in [9.17, 15) is 14.4 Å². The Kier molecular flexibility index (Phi) is 7.31. The van der Waals surface area contributed by atoms with Crippen LogP contribution in [0.3, 0.4) is 0 Å². The first-order chi connectivity index (χ1) is 14.4. The van der Waals surface area contributed by atoms with Crippen molar-refractivity contribution >= 4 is 41.0 Å². The predicted octanol–water partition coefficient (Wildman–Crippen LogP) is 3.86. The van der Waals surface area contributed by atoms with E-state index in [4.69, 9.17) is 37.4 Å². The molecule has 1 aliphatic rings. The molecule has 2 aromatic rings. The van der Waals surface area contributed by atoms with Crippen molar-refractivity contribution in [1.29, 1.82) is 0 Å². The fourth-order valence-corrected chi connectivity index (χ4v) is 3.41. The molecule has 3 rings (SSSR count). The number of benzene rings is 2. The highest BCUT2D eigenvalue weighted by Crippen LogP contribution is 2.27. The fraction of sp³-hybridized carbons (Fsp3) is 0.286. The van der Waals surface area contributed by atoms with Gasteiger partial charge in [0.2, 0.25) is 0 Å². The zero-order valence-electron chi connectivity index (χ0n) is 16.2. The third-order valence-corrected chi connectivity index (χ3v) is 4.94. The molecule has 0 aromatic heterocycles. The van der Waals surface area contributed by atoms with Gasteiger partial charge in [0.15, 0.2) is 0 Å². The summed E-state index contributed by atoms with van der Waals surface area (Å²) in [6, 6.07) is 9.11. The molecule has 158 valence electrons. The molecule has 0 N–H and O–H groups in total. The molecule has 0 aliphatic carbocycles. The summed E-state index contributed by atoms with van der Waals surface area (Å²) in [4.78, 5) is 38.4. The third kappa shape index (κ3) is 4.92. The molecule has 0 bridgehead atoms. The van der Waals surface area contributed by atoms with Gasteiger partial charge in [-0.3, -0.25) is 14.5 Å². The molecule has 2 aromatic carbocycles. The van der Waals surface area contributed by atoms with Crippen molar-refractivity contribution in [2.75, 3.05) is 33.5 Å². The number of nitrogens with zero attached hydrogens (tertiary/aromatic N) is 1. The number of halogens is 2. The lowest BCUT2D eigenvalue weighted by Gasteiger charge is -2.12. The molecule has 0 spiro atoms. The number of ether oxygens (including phenoxy) is 3. The van der Waals surface area contributed by atoms with Crippen molar-refractivity contribution in [2.45, 2.75) is 6.42 Å². The number of fused-ring (bicyclic) bond motifs is 1. The maximum Gasteiger partial charge on any atom is 0.338 e. The number of hydrogen-bond donors (Lipinski definition) is 0. The first-order valence-corrected chi connectivity index (χ1v) is 9.92. The average molecular weight is 452 g/mol. The Labute approximate surface area is 183 Å². The van der Waals surface area contributed by atoms with Gasteiger partial charge < -0.3 is 14.2 Å². The Hall–Kier alpha value is -2.61. The zero-order valence-corrected chi connectivity index (χ0v) is 17.7. The van der Waals surface area contributed by atoms with Crippen molar-refractivity contribution in [3.8, 4) is 5.75 Å². The first-order valence-electron chi connectivity index (χ1n) is 9.16. The molecule has 0 atom stereocenters. The number of esters is 1. The lowest BCUT2D eigenvalue weighted by Crippen LogP contribution is -2.31. The third-order valence-electron chi connectivity index (χ3n) is 4.40. The fourth-order valence-electron chi connectivity index (χ4n) is 2.95. The van der Waals surface area contributed by atoms with Gasteiger partial charge in [-0.25, -0.2) is 4.79 Å². The summed E-state index contributed by atoms with van der Waals surface area (Å²) in [6.07, 6.45) is 0.536. The molecule has 0 radical (unpaired) electrons. The van der Waals surface area contributed by atoms with Crippen LogP contribution in [-0.2, 0) is 9.47 Å². The minimum absolute atomic E-state index is 0.0229. The zero-order chi connectivity index (χ0) is 21.7. The Morgan fingerprint density at radius 1 is 0.967 bits per heavy atom. The van der Waals surface area contributed by atoms with E-state index in [1.165, 1.54) is 18.2 Å². The number of carbonyl (C=O) groups excluding carboxylic acids is 3. The second-order valence-electron chi connectivity index (χ2n) is 6.43. The van der Waals surface area contributed by atoms with Crippen LogP contribution >= 0.6 is 23.2 Å². The molecule has 0 saturated heterocycles. The number of amides is 2. The van der Waals surface area contributed by atoms with Gasteiger partial charge in [0, 0.05) is 25.3 Å². The lowest BCUT2D eigenvalue weighted by molar-refractivity contribution is 0.0450. The smallest absolute Gasteiger partial charge is 0.338 e. The Balaban J connectivity index is 1.57. The van der Waals surface area contributed by atoms with Crippen LogP contribution in [0.15, 0.2) is 36.4 Å². The van der Waals surface area contributed by atoms with E-state index in [-0.39, 0.29) is 42.4 Å². The second kappa shape index (κ2) is 9.93. The highest BCUT2D eigenvalue weighted by molar-refractivity contribution is 6.35. The number of hydrogen-bond acceptors (Lipinski definition) is 6. The van der Waals surface area contributed by atoms with E-state index in [1.54, 1.807) is 25.3 Å². The number of imide groups is 1. The van der Waals surface area contributed by atoms with Crippen LogP contribution in [0.2, 0.25) is 10.0 Å². The van der Waals surface area contributed by atoms with Gasteiger partial charge >= 0.3 is 5.97 Å². The van der Waals surface area contributed by atoms with Crippen LogP contribution < -0.4 is 4.74 Å². The summed E-state index contributed by atoms with van der Waals surface area (Å²) in [5.41, 5.74) is 0.643. The van der Waals surface area contributed by atoms with E-state index in [2.05, 4.69) is 0 Å². The molecule has 1 aliphatic heterocycles. The van der Waals surface area contributed by atoms with Crippen molar-refractivity contribution in [3.63, 3.8) is 0 Å². The quantitative estimate of drug-likeness (QED) is 0.327. The molecule has 30 heavy (non-hydrogen) atoms. The first kappa shape index (κ1) is 22.1. The van der Waals surface area contributed by atoms with Gasteiger partial charge in [0.25, 0.3) is 11.8 Å². The predicted molar refractivity (Wildman–Crippen MR) is 111 cm³/mol. The number of carbonyl (C=O) groups is 3. The SMILES string of the molecule is COCCCN1C(=O)c2ccc(C(=O)OCCOc3ccc(Cl)cc3Cl)cc2C1=O. The van der Waals surface area contributed by atoms with Crippen LogP contribution in [0.4, 0.5) is 0 Å². The normalized spacial score (nSPS) is 12.8. The van der Waals surface area contributed by atoms with Crippen LogP contribution in [0, 0.1) is 0 Å². The molecule has 2 amide bonds. The Morgan fingerprint density at radius 3 is 2.47 bits per heavy atom. The summed E-state index contributed by atoms with van der Waals surface area (Å²) < 4.78 is 15.6.